The number of benzodiazepines with no additional fused rings is 1. The largest absolute Gasteiger partial charge is 0.361 e. The summed E-state index contributed by atoms with van der Waals surface area (Å²) in [5, 5.41) is 3.81. The lowest BCUT2D eigenvalue weighted by atomic mass is 10.0. The minimum absolute atomic E-state index is 0.328. The van der Waals surface area contributed by atoms with Gasteiger partial charge in [0.25, 0.3) is 5.91 Å². The van der Waals surface area contributed by atoms with E-state index in [9.17, 15) is 9.59 Å². The quantitative estimate of drug-likeness (QED) is 0.435. The first-order chi connectivity index (χ1) is 16.5. The van der Waals surface area contributed by atoms with Crippen LogP contribution in [0, 0.1) is 0 Å². The van der Waals surface area contributed by atoms with Crippen LogP contribution in [0.2, 0.25) is 0 Å². The molecule has 3 aromatic carbocycles. The molecule has 0 aliphatic carbocycles. The van der Waals surface area contributed by atoms with Gasteiger partial charge in [-0.1, -0.05) is 66.7 Å². The molecule has 4 aromatic rings. The fourth-order valence-electron chi connectivity index (χ4n) is 4.31. The summed E-state index contributed by atoms with van der Waals surface area (Å²) in [7, 11) is 1.69. The second kappa shape index (κ2) is 8.96. The Kier molecular flexibility index (Phi) is 5.69. The summed E-state index contributed by atoms with van der Waals surface area (Å²) in [6, 6.07) is 24.2. The van der Waals surface area contributed by atoms with E-state index in [1.807, 2.05) is 85.1 Å². The predicted octanol–water partition coefficient (Wildman–Crippen LogP) is 2.99. The number of fused-ring (bicyclic) bond motifs is 2. The van der Waals surface area contributed by atoms with Gasteiger partial charge in [0, 0.05) is 35.3 Å². The number of hydrogen-bond donors (Lipinski definition) is 3. The van der Waals surface area contributed by atoms with Crippen molar-refractivity contribution in [1.29, 1.82) is 0 Å². The number of anilines is 1. The van der Waals surface area contributed by atoms with E-state index in [1.54, 1.807) is 7.05 Å². The number of rotatable bonds is 5. The number of H-pyrrole nitrogens is 1. The Morgan fingerprint density at radius 3 is 2.59 bits per heavy atom. The predicted molar refractivity (Wildman–Crippen MR) is 134 cm³/mol. The zero-order chi connectivity index (χ0) is 23.7. The molecule has 2 amide bonds. The van der Waals surface area contributed by atoms with Crippen molar-refractivity contribution < 1.29 is 9.59 Å². The fourth-order valence-corrected chi connectivity index (χ4v) is 4.31. The van der Waals surface area contributed by atoms with Crippen LogP contribution in [0.5, 0.6) is 0 Å². The number of carbonyl (C=O) groups is 2. The van der Waals surface area contributed by atoms with Gasteiger partial charge in [-0.15, -0.1) is 0 Å². The third-order valence-electron chi connectivity index (χ3n) is 6.12. The van der Waals surface area contributed by atoms with Crippen molar-refractivity contribution in [3.05, 3.63) is 102 Å². The minimum atomic E-state index is -1.09. The van der Waals surface area contributed by atoms with Gasteiger partial charge in [-0.25, -0.2) is 4.99 Å². The average molecular weight is 452 g/mol. The van der Waals surface area contributed by atoms with Gasteiger partial charge in [-0.3, -0.25) is 9.59 Å². The van der Waals surface area contributed by atoms with Crippen LogP contribution in [0.1, 0.15) is 16.7 Å². The molecular formula is C27H25N5O2. The SMILES string of the molecule is CN1C(=O)[C@@H](NC(=O)[C@@H](N)Cc2c[nH]c3ccccc23)N=C(c2ccccc2)c2ccccc21. The van der Waals surface area contributed by atoms with Crippen molar-refractivity contribution in [2.45, 2.75) is 18.6 Å². The molecule has 0 bridgehead atoms. The van der Waals surface area contributed by atoms with Crippen LogP contribution in [-0.2, 0) is 16.0 Å². The van der Waals surface area contributed by atoms with Crippen LogP contribution in [0.4, 0.5) is 5.69 Å². The average Bonchev–Trinajstić information content (AvgIpc) is 3.24. The number of benzene rings is 3. The van der Waals surface area contributed by atoms with Crippen LogP contribution < -0.4 is 16.0 Å². The summed E-state index contributed by atoms with van der Waals surface area (Å²) in [5.41, 5.74) is 11.3. The van der Waals surface area contributed by atoms with Gasteiger partial charge < -0.3 is 20.9 Å². The fraction of sp³-hybridized carbons (Fsp3) is 0.148. The summed E-state index contributed by atoms with van der Waals surface area (Å²) in [4.78, 5) is 35.8. The first kappa shape index (κ1) is 21.6. The zero-order valence-electron chi connectivity index (χ0n) is 18.7. The van der Waals surface area contributed by atoms with Gasteiger partial charge in [-0.2, -0.15) is 0 Å². The van der Waals surface area contributed by atoms with E-state index in [0.717, 1.165) is 33.3 Å². The number of amides is 2. The maximum absolute atomic E-state index is 13.3. The van der Waals surface area contributed by atoms with E-state index in [4.69, 9.17) is 10.7 Å². The molecule has 0 fully saturated rings. The van der Waals surface area contributed by atoms with E-state index in [2.05, 4.69) is 10.3 Å². The number of hydrogen-bond acceptors (Lipinski definition) is 4. The standard InChI is InChI=1S/C27H25N5O2/c1-32-23-14-8-6-12-20(23)24(17-9-3-2-4-10-17)30-25(27(32)34)31-26(33)21(28)15-18-16-29-22-13-7-5-11-19(18)22/h2-14,16,21,25,29H,15,28H2,1H3,(H,31,33)/t21-,25+/m0/s1. The summed E-state index contributed by atoms with van der Waals surface area (Å²) in [5.74, 6) is -0.759. The molecule has 34 heavy (non-hydrogen) atoms. The molecule has 4 N–H and O–H groups in total. The number of aromatic nitrogens is 1. The molecule has 1 aliphatic heterocycles. The maximum atomic E-state index is 13.3. The number of aliphatic imine (C=N–C) groups is 1. The number of nitrogens with zero attached hydrogens (tertiary/aromatic N) is 2. The molecule has 0 saturated carbocycles. The van der Waals surface area contributed by atoms with Crippen LogP contribution in [0.15, 0.2) is 90.1 Å². The summed E-state index contributed by atoms with van der Waals surface area (Å²) in [6.45, 7) is 0. The first-order valence-electron chi connectivity index (χ1n) is 11.1. The van der Waals surface area contributed by atoms with Crippen molar-refractivity contribution in [2.24, 2.45) is 10.7 Å². The van der Waals surface area contributed by atoms with Gasteiger partial charge in [-0.05, 0) is 24.1 Å². The normalized spacial score (nSPS) is 16.5. The Bertz CT molecular complexity index is 1390. The van der Waals surface area contributed by atoms with Crippen LogP contribution in [-0.4, -0.2) is 41.8 Å². The van der Waals surface area contributed by atoms with Gasteiger partial charge >= 0.3 is 0 Å². The highest BCUT2D eigenvalue weighted by atomic mass is 16.2. The van der Waals surface area contributed by atoms with Crippen molar-refractivity contribution in [1.82, 2.24) is 10.3 Å². The Hall–Kier alpha value is -4.23. The lowest BCUT2D eigenvalue weighted by Gasteiger charge is -2.22. The van der Waals surface area contributed by atoms with Crippen LogP contribution in [0.25, 0.3) is 10.9 Å². The van der Waals surface area contributed by atoms with Gasteiger partial charge in [0.05, 0.1) is 17.4 Å². The molecule has 2 heterocycles. The Morgan fingerprint density at radius 1 is 1.06 bits per heavy atom. The molecule has 0 saturated heterocycles. The molecule has 2 atom stereocenters. The maximum Gasteiger partial charge on any atom is 0.272 e. The number of carbonyl (C=O) groups excluding carboxylic acids is 2. The molecule has 1 aliphatic rings. The molecule has 5 rings (SSSR count). The highest BCUT2D eigenvalue weighted by Crippen LogP contribution is 2.27. The molecule has 7 heteroatoms. The summed E-state index contributed by atoms with van der Waals surface area (Å²) in [6.07, 6.45) is 1.11. The molecular weight excluding hydrogens is 426 g/mol. The summed E-state index contributed by atoms with van der Waals surface area (Å²) < 4.78 is 0. The van der Waals surface area contributed by atoms with Crippen molar-refractivity contribution >= 4 is 34.1 Å². The topological polar surface area (TPSA) is 104 Å². The Labute approximate surface area is 197 Å². The zero-order valence-corrected chi connectivity index (χ0v) is 18.7. The van der Waals surface area contributed by atoms with Crippen molar-refractivity contribution in [2.75, 3.05) is 11.9 Å². The number of nitrogens with one attached hydrogen (secondary N) is 2. The highest BCUT2D eigenvalue weighted by molar-refractivity contribution is 6.20. The molecule has 1 aromatic heterocycles. The number of aromatic amines is 1. The lowest BCUT2D eigenvalue weighted by molar-refractivity contribution is -0.128. The third kappa shape index (κ3) is 3.97. The first-order valence-corrected chi connectivity index (χ1v) is 11.1. The number of para-hydroxylation sites is 2. The lowest BCUT2D eigenvalue weighted by Crippen LogP contribution is -2.51. The molecule has 170 valence electrons. The van der Waals surface area contributed by atoms with Crippen molar-refractivity contribution in [3.8, 4) is 0 Å². The highest BCUT2D eigenvalue weighted by Gasteiger charge is 2.32. The van der Waals surface area contributed by atoms with Crippen LogP contribution >= 0.6 is 0 Å². The minimum Gasteiger partial charge on any atom is -0.361 e. The second-order valence-corrected chi connectivity index (χ2v) is 8.34. The summed E-state index contributed by atoms with van der Waals surface area (Å²) >= 11 is 0. The Balaban J connectivity index is 1.44. The van der Waals surface area contributed by atoms with Gasteiger partial charge in [0.2, 0.25) is 12.1 Å². The molecule has 7 nitrogen and oxygen atoms in total. The monoisotopic (exact) mass is 451 g/mol. The van der Waals surface area contributed by atoms with Crippen LogP contribution in [0.3, 0.4) is 0 Å². The van der Waals surface area contributed by atoms with Gasteiger partial charge in [0.1, 0.15) is 0 Å². The van der Waals surface area contributed by atoms with E-state index in [-0.39, 0.29) is 5.91 Å². The Morgan fingerprint density at radius 2 is 1.76 bits per heavy atom. The second-order valence-electron chi connectivity index (χ2n) is 8.34. The van der Waals surface area contributed by atoms with Gasteiger partial charge in [0.15, 0.2) is 0 Å². The smallest absolute Gasteiger partial charge is 0.272 e. The molecule has 0 unspecified atom stereocenters. The van der Waals surface area contributed by atoms with E-state index < -0.39 is 18.1 Å². The third-order valence-corrected chi connectivity index (χ3v) is 6.12. The number of likely N-dealkylation sites (N-methyl/N-ethyl adjacent to an activating group) is 1. The van der Waals surface area contributed by atoms with Crippen molar-refractivity contribution in [3.63, 3.8) is 0 Å². The molecule has 0 spiro atoms. The molecule has 0 radical (unpaired) electrons. The van der Waals surface area contributed by atoms with E-state index in [1.165, 1.54) is 4.90 Å². The van der Waals surface area contributed by atoms with E-state index >= 15 is 0 Å². The number of nitrogens with two attached hydrogens (primary N) is 1. The van der Waals surface area contributed by atoms with E-state index in [0.29, 0.717) is 12.1 Å².